The fourth-order valence-corrected chi connectivity index (χ4v) is 3.32. The van der Waals surface area contributed by atoms with E-state index >= 15 is 0 Å². The van der Waals surface area contributed by atoms with Crippen LogP contribution in [0, 0.1) is 0 Å². The van der Waals surface area contributed by atoms with Gasteiger partial charge in [0.25, 0.3) is 0 Å². The van der Waals surface area contributed by atoms with Crippen molar-refractivity contribution in [1.82, 2.24) is 5.32 Å². The summed E-state index contributed by atoms with van der Waals surface area (Å²) in [5, 5.41) is 7.97. The van der Waals surface area contributed by atoms with Crippen LogP contribution in [0.1, 0.15) is 11.1 Å². The Bertz CT molecular complexity index is 848. The SMILES string of the molecule is NS(=O)(=O)c1ccc(CCNC(=O)N2CCc3ccccc32)cc1. The molecule has 1 aliphatic heterocycles. The summed E-state index contributed by atoms with van der Waals surface area (Å²) in [6.07, 6.45) is 1.49. The number of para-hydroxylation sites is 1. The predicted octanol–water partition coefficient (Wildman–Crippen LogP) is 1.65. The number of benzene rings is 2. The third-order valence-electron chi connectivity index (χ3n) is 4.07. The molecule has 3 N–H and O–H groups in total. The number of nitrogens with one attached hydrogen (secondary N) is 1. The first-order valence-corrected chi connectivity index (χ1v) is 9.25. The first-order chi connectivity index (χ1) is 11.4. The van der Waals surface area contributed by atoms with Crippen molar-refractivity contribution in [2.24, 2.45) is 5.14 Å². The molecule has 0 aromatic heterocycles. The molecule has 1 heterocycles. The minimum absolute atomic E-state index is 0.0870. The number of nitrogens with zero attached hydrogens (tertiary/aromatic N) is 1. The molecular formula is C17H19N3O3S. The molecule has 0 radical (unpaired) electrons. The molecule has 24 heavy (non-hydrogen) atoms. The molecule has 2 amide bonds. The Hall–Kier alpha value is -2.38. The molecule has 3 rings (SSSR count). The third-order valence-corrected chi connectivity index (χ3v) is 5.00. The second-order valence-corrected chi connectivity index (χ2v) is 7.26. The van der Waals surface area contributed by atoms with E-state index in [0.29, 0.717) is 19.5 Å². The zero-order valence-corrected chi connectivity index (χ0v) is 13.9. The number of carbonyl (C=O) groups is 1. The van der Waals surface area contributed by atoms with Crippen molar-refractivity contribution >= 4 is 21.7 Å². The lowest BCUT2D eigenvalue weighted by molar-refractivity contribution is 0.247. The standard InChI is InChI=1S/C17H19N3O3S/c18-24(22,23)15-7-5-13(6-8-15)9-11-19-17(21)20-12-10-14-3-1-2-4-16(14)20/h1-8H,9-12H2,(H,19,21)(H2,18,22,23). The van der Waals surface area contributed by atoms with E-state index in [2.05, 4.69) is 5.32 Å². The molecule has 0 bridgehead atoms. The number of fused-ring (bicyclic) bond motifs is 1. The Labute approximate surface area is 141 Å². The van der Waals surface area contributed by atoms with Crippen LogP contribution in [0.2, 0.25) is 0 Å². The van der Waals surface area contributed by atoms with Gasteiger partial charge in [0, 0.05) is 18.8 Å². The molecule has 0 aliphatic carbocycles. The lowest BCUT2D eigenvalue weighted by Gasteiger charge is -2.18. The summed E-state index contributed by atoms with van der Waals surface area (Å²) in [6, 6.07) is 14.1. The normalized spacial score (nSPS) is 13.6. The minimum atomic E-state index is -3.67. The summed E-state index contributed by atoms with van der Waals surface area (Å²) in [6.45, 7) is 1.17. The zero-order chi connectivity index (χ0) is 17.2. The lowest BCUT2D eigenvalue weighted by Crippen LogP contribution is -2.39. The Kier molecular flexibility index (Phi) is 4.55. The lowest BCUT2D eigenvalue weighted by atomic mass is 10.1. The third kappa shape index (κ3) is 3.58. The average Bonchev–Trinajstić information content (AvgIpc) is 2.98. The summed E-state index contributed by atoms with van der Waals surface area (Å²) in [4.78, 5) is 14.1. The van der Waals surface area contributed by atoms with Gasteiger partial charge in [0.15, 0.2) is 0 Å². The highest BCUT2D eigenvalue weighted by molar-refractivity contribution is 7.89. The Morgan fingerprint density at radius 2 is 1.83 bits per heavy atom. The van der Waals surface area contributed by atoms with Crippen LogP contribution in [0.3, 0.4) is 0 Å². The first-order valence-electron chi connectivity index (χ1n) is 7.70. The van der Waals surface area contributed by atoms with E-state index in [-0.39, 0.29) is 10.9 Å². The van der Waals surface area contributed by atoms with Crippen molar-refractivity contribution in [2.75, 3.05) is 18.0 Å². The largest absolute Gasteiger partial charge is 0.337 e. The van der Waals surface area contributed by atoms with Crippen molar-refractivity contribution in [2.45, 2.75) is 17.7 Å². The number of hydrogen-bond acceptors (Lipinski definition) is 3. The average molecular weight is 345 g/mol. The summed E-state index contributed by atoms with van der Waals surface area (Å²) in [5.74, 6) is 0. The minimum Gasteiger partial charge on any atom is -0.337 e. The number of rotatable bonds is 4. The zero-order valence-electron chi connectivity index (χ0n) is 13.1. The van der Waals surface area contributed by atoms with E-state index in [1.807, 2.05) is 24.3 Å². The maximum Gasteiger partial charge on any atom is 0.321 e. The molecule has 6 nitrogen and oxygen atoms in total. The van der Waals surface area contributed by atoms with Gasteiger partial charge in [0.05, 0.1) is 4.90 Å². The van der Waals surface area contributed by atoms with Gasteiger partial charge < -0.3 is 5.32 Å². The Balaban J connectivity index is 1.55. The monoisotopic (exact) mass is 345 g/mol. The fourth-order valence-electron chi connectivity index (χ4n) is 2.80. The van der Waals surface area contributed by atoms with Crippen LogP contribution >= 0.6 is 0 Å². The number of anilines is 1. The molecule has 0 fully saturated rings. The molecule has 2 aromatic carbocycles. The van der Waals surface area contributed by atoms with Gasteiger partial charge in [-0.05, 0) is 42.2 Å². The van der Waals surface area contributed by atoms with Gasteiger partial charge in [0.1, 0.15) is 0 Å². The van der Waals surface area contributed by atoms with Crippen LogP contribution in [-0.4, -0.2) is 27.5 Å². The Morgan fingerprint density at radius 1 is 1.12 bits per heavy atom. The van der Waals surface area contributed by atoms with E-state index in [9.17, 15) is 13.2 Å². The van der Waals surface area contributed by atoms with Gasteiger partial charge in [0.2, 0.25) is 10.0 Å². The number of amides is 2. The van der Waals surface area contributed by atoms with Gasteiger partial charge in [-0.15, -0.1) is 0 Å². The number of carbonyl (C=O) groups excluding carboxylic acids is 1. The van der Waals surface area contributed by atoms with E-state index in [0.717, 1.165) is 17.7 Å². The van der Waals surface area contributed by atoms with Crippen LogP contribution in [0.5, 0.6) is 0 Å². The van der Waals surface area contributed by atoms with Gasteiger partial charge in [-0.3, -0.25) is 4.90 Å². The highest BCUT2D eigenvalue weighted by Crippen LogP contribution is 2.27. The van der Waals surface area contributed by atoms with Crippen molar-refractivity contribution < 1.29 is 13.2 Å². The quantitative estimate of drug-likeness (QED) is 0.882. The molecular weight excluding hydrogens is 326 g/mol. The van der Waals surface area contributed by atoms with Crippen molar-refractivity contribution in [3.05, 3.63) is 59.7 Å². The number of urea groups is 1. The van der Waals surface area contributed by atoms with E-state index in [1.54, 1.807) is 17.0 Å². The van der Waals surface area contributed by atoms with Crippen LogP contribution in [0.4, 0.5) is 10.5 Å². The van der Waals surface area contributed by atoms with E-state index < -0.39 is 10.0 Å². The molecule has 0 unspecified atom stereocenters. The van der Waals surface area contributed by atoms with Gasteiger partial charge >= 0.3 is 6.03 Å². The Morgan fingerprint density at radius 3 is 2.54 bits per heavy atom. The van der Waals surface area contributed by atoms with E-state index in [4.69, 9.17) is 5.14 Å². The maximum absolute atomic E-state index is 12.3. The first kappa shape index (κ1) is 16.5. The topological polar surface area (TPSA) is 92.5 Å². The molecule has 0 saturated carbocycles. The molecule has 7 heteroatoms. The second-order valence-electron chi connectivity index (χ2n) is 5.70. The predicted molar refractivity (Wildman–Crippen MR) is 92.4 cm³/mol. The highest BCUT2D eigenvalue weighted by atomic mass is 32.2. The molecule has 126 valence electrons. The molecule has 2 aromatic rings. The van der Waals surface area contributed by atoms with Gasteiger partial charge in [-0.2, -0.15) is 0 Å². The number of sulfonamides is 1. The van der Waals surface area contributed by atoms with Gasteiger partial charge in [-0.1, -0.05) is 30.3 Å². The molecule has 0 spiro atoms. The van der Waals surface area contributed by atoms with Crippen LogP contribution in [0.15, 0.2) is 53.4 Å². The summed E-state index contributed by atoms with van der Waals surface area (Å²) in [5.41, 5.74) is 3.09. The molecule has 0 saturated heterocycles. The fraction of sp³-hybridized carbons (Fsp3) is 0.235. The number of hydrogen-bond donors (Lipinski definition) is 2. The molecule has 0 atom stereocenters. The second kappa shape index (κ2) is 6.62. The summed E-state index contributed by atoms with van der Waals surface area (Å²) in [7, 11) is -3.67. The van der Waals surface area contributed by atoms with Crippen LogP contribution in [0.25, 0.3) is 0 Å². The summed E-state index contributed by atoms with van der Waals surface area (Å²) >= 11 is 0. The van der Waals surface area contributed by atoms with Crippen molar-refractivity contribution in [3.63, 3.8) is 0 Å². The smallest absolute Gasteiger partial charge is 0.321 e. The van der Waals surface area contributed by atoms with Crippen molar-refractivity contribution in [1.29, 1.82) is 0 Å². The van der Waals surface area contributed by atoms with Crippen molar-refractivity contribution in [3.8, 4) is 0 Å². The molecule has 1 aliphatic rings. The van der Waals surface area contributed by atoms with Gasteiger partial charge in [-0.25, -0.2) is 18.4 Å². The van der Waals surface area contributed by atoms with Crippen LogP contribution < -0.4 is 15.4 Å². The number of primary sulfonamides is 1. The number of nitrogens with two attached hydrogens (primary N) is 1. The van der Waals surface area contributed by atoms with E-state index in [1.165, 1.54) is 17.7 Å². The highest BCUT2D eigenvalue weighted by Gasteiger charge is 2.23. The van der Waals surface area contributed by atoms with Crippen LogP contribution in [-0.2, 0) is 22.9 Å². The summed E-state index contributed by atoms with van der Waals surface area (Å²) < 4.78 is 22.4. The maximum atomic E-state index is 12.3.